The summed E-state index contributed by atoms with van der Waals surface area (Å²) in [7, 11) is 1.51. The highest BCUT2D eigenvalue weighted by Gasteiger charge is 2.37. The molecule has 0 fully saturated rings. The summed E-state index contributed by atoms with van der Waals surface area (Å²) >= 11 is 6.21. The minimum Gasteiger partial charge on any atom is -0.495 e. The second kappa shape index (κ2) is 11.8. The summed E-state index contributed by atoms with van der Waals surface area (Å²) in [6.45, 7) is 0.283. The average molecular weight is 522 g/mol. The van der Waals surface area contributed by atoms with Crippen LogP contribution in [0.2, 0.25) is 5.02 Å². The third kappa shape index (κ3) is 6.40. The fourth-order valence-corrected chi connectivity index (χ4v) is 4.59. The molecule has 4 rings (SSSR count). The zero-order valence-corrected chi connectivity index (χ0v) is 21.1. The van der Waals surface area contributed by atoms with Crippen molar-refractivity contribution in [1.29, 1.82) is 0 Å². The molecule has 3 N–H and O–H groups in total. The Morgan fingerprint density at radius 2 is 1.73 bits per heavy atom. The Morgan fingerprint density at radius 1 is 1.03 bits per heavy atom. The number of nitrogens with two attached hydrogens (primary N) is 1. The van der Waals surface area contributed by atoms with Crippen LogP contribution in [0.1, 0.15) is 22.3 Å². The van der Waals surface area contributed by atoms with Crippen molar-refractivity contribution in [3.8, 4) is 5.75 Å². The predicted octanol–water partition coefficient (Wildman–Crippen LogP) is 3.62. The van der Waals surface area contributed by atoms with E-state index in [0.717, 1.165) is 16.7 Å². The molecular formula is C28H28ClN3O5. The van der Waals surface area contributed by atoms with Crippen LogP contribution in [-0.4, -0.2) is 42.0 Å². The van der Waals surface area contributed by atoms with Crippen molar-refractivity contribution in [2.75, 3.05) is 7.11 Å². The number of primary amides is 1. The van der Waals surface area contributed by atoms with Crippen LogP contribution in [0.5, 0.6) is 5.75 Å². The van der Waals surface area contributed by atoms with Crippen molar-refractivity contribution in [3.63, 3.8) is 0 Å². The number of hydrogen-bond donors (Lipinski definition) is 2. The fraction of sp³-hybridized carbons (Fsp3) is 0.250. The number of benzene rings is 3. The third-order valence-electron chi connectivity index (χ3n) is 6.31. The van der Waals surface area contributed by atoms with Gasteiger partial charge in [0.05, 0.1) is 18.7 Å². The maximum atomic E-state index is 13.5. The monoisotopic (exact) mass is 521 g/mol. The number of nitrogens with one attached hydrogen (secondary N) is 1. The molecule has 0 saturated heterocycles. The molecule has 0 aliphatic carbocycles. The van der Waals surface area contributed by atoms with Gasteiger partial charge in [-0.3, -0.25) is 14.5 Å². The van der Waals surface area contributed by atoms with Gasteiger partial charge in [-0.25, -0.2) is 4.79 Å². The number of carbonyl (C=O) groups excluding carboxylic acids is 3. The number of fused-ring (bicyclic) bond motifs is 1. The summed E-state index contributed by atoms with van der Waals surface area (Å²) in [5, 5.41) is 3.12. The van der Waals surface area contributed by atoms with E-state index < -0.39 is 30.0 Å². The zero-order valence-electron chi connectivity index (χ0n) is 20.4. The topological polar surface area (TPSA) is 111 Å². The molecule has 1 heterocycles. The Bertz CT molecular complexity index is 1280. The maximum absolute atomic E-state index is 13.5. The van der Waals surface area contributed by atoms with Gasteiger partial charge in [0.15, 0.2) is 0 Å². The Hall–Kier alpha value is -4.04. The molecule has 0 spiro atoms. The lowest BCUT2D eigenvalue weighted by Crippen LogP contribution is -2.56. The number of nitrogens with zero attached hydrogens (tertiary/aromatic N) is 1. The molecule has 1 aliphatic rings. The third-order valence-corrected chi connectivity index (χ3v) is 6.60. The molecule has 3 amide bonds. The quantitative estimate of drug-likeness (QED) is 0.470. The molecule has 0 saturated carbocycles. The second-order valence-corrected chi connectivity index (χ2v) is 9.20. The van der Waals surface area contributed by atoms with E-state index in [1.165, 1.54) is 12.0 Å². The van der Waals surface area contributed by atoms with Crippen LogP contribution in [0.15, 0.2) is 72.8 Å². The number of ether oxygens (including phenoxy) is 2. The summed E-state index contributed by atoms with van der Waals surface area (Å²) < 4.78 is 10.7. The largest absolute Gasteiger partial charge is 0.495 e. The van der Waals surface area contributed by atoms with Gasteiger partial charge in [0.25, 0.3) is 0 Å². The summed E-state index contributed by atoms with van der Waals surface area (Å²) in [6, 6.07) is 20.1. The van der Waals surface area contributed by atoms with Crippen LogP contribution in [-0.2, 0) is 40.3 Å². The first kappa shape index (κ1) is 26.0. The van der Waals surface area contributed by atoms with Gasteiger partial charge in [0, 0.05) is 12.8 Å². The van der Waals surface area contributed by atoms with E-state index in [9.17, 15) is 14.4 Å². The van der Waals surface area contributed by atoms with E-state index in [1.807, 2.05) is 54.6 Å². The van der Waals surface area contributed by atoms with Gasteiger partial charge in [-0.1, -0.05) is 72.3 Å². The molecule has 1 aliphatic heterocycles. The Labute approximate surface area is 220 Å². The van der Waals surface area contributed by atoms with Crippen LogP contribution in [0.4, 0.5) is 4.79 Å². The molecule has 8 nitrogen and oxygen atoms in total. The normalized spacial score (nSPS) is 15.3. The lowest BCUT2D eigenvalue weighted by Gasteiger charge is -2.35. The molecule has 0 aromatic heterocycles. The number of hydrogen-bond acceptors (Lipinski definition) is 5. The standard InChI is InChI=1S/C28H28ClN3O5/c1-36-25-12-11-19(13-22(25)29)14-23(26(30)33)31-27(34)24-15-20-9-5-6-10-21(20)16-32(24)28(35)37-17-18-7-3-2-4-8-18/h2-13,23-24H,14-17H2,1H3,(H2,30,33)(H,31,34)/t23-,24-/m0/s1. The SMILES string of the molecule is COc1ccc(C[C@H](NC(=O)[C@@H]2Cc3ccccc3CN2C(=O)OCc2ccccc2)C(N)=O)cc1Cl. The van der Waals surface area contributed by atoms with Gasteiger partial charge in [-0.2, -0.15) is 0 Å². The molecule has 0 radical (unpaired) electrons. The number of rotatable bonds is 8. The van der Waals surface area contributed by atoms with Gasteiger partial charge in [0.1, 0.15) is 24.4 Å². The van der Waals surface area contributed by atoms with Crippen LogP contribution >= 0.6 is 11.6 Å². The minimum atomic E-state index is -1.00. The van der Waals surface area contributed by atoms with Crippen LogP contribution in [0.25, 0.3) is 0 Å². The highest BCUT2D eigenvalue weighted by molar-refractivity contribution is 6.32. The molecule has 37 heavy (non-hydrogen) atoms. The molecule has 9 heteroatoms. The van der Waals surface area contributed by atoms with Crippen LogP contribution in [0, 0.1) is 0 Å². The summed E-state index contributed by atoms with van der Waals surface area (Å²) in [6.07, 6.45) is -0.203. The maximum Gasteiger partial charge on any atom is 0.411 e. The Balaban J connectivity index is 1.51. The van der Waals surface area contributed by atoms with Crippen LogP contribution in [0.3, 0.4) is 0 Å². The molecule has 3 aromatic rings. The first-order chi connectivity index (χ1) is 17.9. The van der Waals surface area contributed by atoms with Crippen molar-refractivity contribution >= 4 is 29.5 Å². The van der Waals surface area contributed by atoms with Crippen molar-refractivity contribution in [2.45, 2.75) is 38.1 Å². The summed E-state index contributed by atoms with van der Waals surface area (Å²) in [4.78, 5) is 40.2. The highest BCUT2D eigenvalue weighted by atomic mass is 35.5. The zero-order chi connectivity index (χ0) is 26.4. The van der Waals surface area contributed by atoms with Crippen LogP contribution < -0.4 is 15.8 Å². The number of halogens is 1. The van der Waals surface area contributed by atoms with E-state index in [2.05, 4.69) is 5.32 Å². The second-order valence-electron chi connectivity index (χ2n) is 8.79. The fourth-order valence-electron chi connectivity index (χ4n) is 4.31. The summed E-state index contributed by atoms with van der Waals surface area (Å²) in [5.74, 6) is -0.695. The van der Waals surface area contributed by atoms with E-state index in [-0.39, 0.29) is 26.0 Å². The van der Waals surface area contributed by atoms with Crippen molar-refractivity contribution in [1.82, 2.24) is 10.2 Å². The first-order valence-electron chi connectivity index (χ1n) is 11.8. The molecule has 0 unspecified atom stereocenters. The minimum absolute atomic E-state index is 0.0777. The average Bonchev–Trinajstić information content (AvgIpc) is 2.91. The molecular weight excluding hydrogens is 494 g/mol. The van der Waals surface area contributed by atoms with E-state index in [4.69, 9.17) is 26.8 Å². The van der Waals surface area contributed by atoms with Gasteiger partial charge >= 0.3 is 6.09 Å². The molecule has 192 valence electrons. The van der Waals surface area contributed by atoms with E-state index >= 15 is 0 Å². The first-order valence-corrected chi connectivity index (χ1v) is 12.2. The van der Waals surface area contributed by atoms with Gasteiger partial charge < -0.3 is 20.5 Å². The van der Waals surface area contributed by atoms with Gasteiger partial charge in [-0.15, -0.1) is 0 Å². The van der Waals surface area contributed by atoms with E-state index in [1.54, 1.807) is 18.2 Å². The van der Waals surface area contributed by atoms with Gasteiger partial charge in [0.2, 0.25) is 11.8 Å². The van der Waals surface area contributed by atoms with E-state index in [0.29, 0.717) is 16.3 Å². The lowest BCUT2D eigenvalue weighted by atomic mass is 9.93. The van der Waals surface area contributed by atoms with Crippen molar-refractivity contribution < 1.29 is 23.9 Å². The Kier molecular flexibility index (Phi) is 8.30. The number of methoxy groups -OCH3 is 1. The lowest BCUT2D eigenvalue weighted by molar-refractivity contribution is -0.131. The highest BCUT2D eigenvalue weighted by Crippen LogP contribution is 2.27. The molecule has 3 aromatic carbocycles. The number of carbonyl (C=O) groups is 3. The Morgan fingerprint density at radius 3 is 2.41 bits per heavy atom. The molecule has 2 atom stereocenters. The number of amides is 3. The summed E-state index contributed by atoms with van der Waals surface area (Å²) in [5.41, 5.74) is 9.04. The van der Waals surface area contributed by atoms with Gasteiger partial charge in [-0.05, 0) is 34.4 Å². The van der Waals surface area contributed by atoms with Crippen molar-refractivity contribution in [3.05, 3.63) is 100 Å². The van der Waals surface area contributed by atoms with Crippen molar-refractivity contribution in [2.24, 2.45) is 5.73 Å². The predicted molar refractivity (Wildman–Crippen MR) is 139 cm³/mol. The molecule has 0 bridgehead atoms. The smallest absolute Gasteiger partial charge is 0.411 e.